The van der Waals surface area contributed by atoms with E-state index in [0.29, 0.717) is 6.42 Å². The van der Waals surface area contributed by atoms with E-state index < -0.39 is 0 Å². The molecular formula is C15H16O2S. The van der Waals surface area contributed by atoms with Crippen LogP contribution in [0.2, 0.25) is 0 Å². The molecule has 0 radical (unpaired) electrons. The van der Waals surface area contributed by atoms with Crippen LogP contribution in [0.15, 0.2) is 47.6 Å². The molecule has 94 valence electrons. The van der Waals surface area contributed by atoms with E-state index in [1.165, 1.54) is 0 Å². The molecule has 0 aromatic carbocycles. The maximum Gasteiger partial charge on any atom is 0.176 e. The van der Waals surface area contributed by atoms with Gasteiger partial charge in [0.25, 0.3) is 0 Å². The van der Waals surface area contributed by atoms with Crippen LogP contribution < -0.4 is 0 Å². The Kier molecular flexibility index (Phi) is 4.28. The van der Waals surface area contributed by atoms with Crippen LogP contribution in [0.1, 0.15) is 27.4 Å². The van der Waals surface area contributed by atoms with Gasteiger partial charge in [-0.2, -0.15) is 0 Å². The van der Waals surface area contributed by atoms with Crippen LogP contribution in [0.25, 0.3) is 0 Å². The average molecular weight is 260 g/mol. The van der Waals surface area contributed by atoms with E-state index in [2.05, 4.69) is 0 Å². The molecule has 0 atom stereocenters. The third kappa shape index (κ3) is 3.28. The lowest BCUT2D eigenvalue weighted by atomic mass is 10.1. The lowest BCUT2D eigenvalue weighted by Crippen LogP contribution is -1.97. The maximum absolute atomic E-state index is 12.1. The van der Waals surface area contributed by atoms with E-state index in [-0.39, 0.29) is 12.4 Å². The molecule has 0 aliphatic heterocycles. The summed E-state index contributed by atoms with van der Waals surface area (Å²) in [6.45, 7) is 2.05. The Hall–Kier alpha value is -1.45. The van der Waals surface area contributed by atoms with Crippen LogP contribution in [0.5, 0.6) is 0 Å². The van der Waals surface area contributed by atoms with Gasteiger partial charge in [-0.25, -0.2) is 0 Å². The van der Waals surface area contributed by atoms with Gasteiger partial charge in [-0.05, 0) is 31.1 Å². The van der Waals surface area contributed by atoms with E-state index >= 15 is 0 Å². The predicted molar refractivity (Wildman–Crippen MR) is 75.0 cm³/mol. The number of thiophene rings is 1. The number of aryl methyl sites for hydroxylation is 1. The number of carbonyl (C=O) groups excluding carboxylic acids is 1. The second-order valence-electron chi connectivity index (χ2n) is 4.34. The third-order valence-electron chi connectivity index (χ3n) is 2.83. The summed E-state index contributed by atoms with van der Waals surface area (Å²) in [4.78, 5) is 14.1. The molecule has 1 aromatic rings. The SMILES string of the molecule is Cc1ccc(C(=O)CC2=CC=C(CO)C=CC2)s1. The van der Waals surface area contributed by atoms with Crippen molar-refractivity contribution in [3.8, 4) is 0 Å². The van der Waals surface area contributed by atoms with Gasteiger partial charge in [-0.3, -0.25) is 4.79 Å². The summed E-state index contributed by atoms with van der Waals surface area (Å²) in [6.07, 6.45) is 8.96. The van der Waals surface area contributed by atoms with Crippen molar-refractivity contribution >= 4 is 17.1 Å². The molecule has 1 aromatic heterocycles. The largest absolute Gasteiger partial charge is 0.392 e. The fourth-order valence-corrected chi connectivity index (χ4v) is 2.63. The van der Waals surface area contributed by atoms with Crippen molar-refractivity contribution in [2.45, 2.75) is 19.8 Å². The summed E-state index contributed by atoms with van der Waals surface area (Å²) in [5.41, 5.74) is 1.97. The van der Waals surface area contributed by atoms with Crippen LogP contribution in [0, 0.1) is 6.92 Å². The first-order valence-corrected chi connectivity index (χ1v) is 6.76. The van der Waals surface area contributed by atoms with Crippen molar-refractivity contribution in [2.75, 3.05) is 6.61 Å². The Morgan fingerprint density at radius 3 is 2.89 bits per heavy atom. The van der Waals surface area contributed by atoms with E-state index in [0.717, 1.165) is 27.3 Å². The first kappa shape index (κ1) is 13.0. The van der Waals surface area contributed by atoms with Crippen molar-refractivity contribution in [2.24, 2.45) is 0 Å². The summed E-state index contributed by atoms with van der Waals surface area (Å²) in [6, 6.07) is 3.87. The summed E-state index contributed by atoms with van der Waals surface area (Å²) in [5, 5.41) is 9.05. The first-order valence-electron chi connectivity index (χ1n) is 5.94. The molecule has 0 saturated carbocycles. The number of ketones is 1. The van der Waals surface area contributed by atoms with Gasteiger partial charge in [0.1, 0.15) is 0 Å². The zero-order chi connectivity index (χ0) is 13.0. The number of allylic oxidation sites excluding steroid dienone is 4. The van der Waals surface area contributed by atoms with Crippen molar-refractivity contribution in [3.63, 3.8) is 0 Å². The number of aliphatic hydroxyl groups excluding tert-OH is 1. The Balaban J connectivity index is 2.06. The fourth-order valence-electron chi connectivity index (χ4n) is 1.82. The van der Waals surface area contributed by atoms with Gasteiger partial charge in [-0.15, -0.1) is 11.3 Å². The minimum absolute atomic E-state index is 0.0400. The van der Waals surface area contributed by atoms with Crippen LogP contribution in [0.3, 0.4) is 0 Å². The van der Waals surface area contributed by atoms with Crippen molar-refractivity contribution in [1.29, 1.82) is 0 Å². The highest BCUT2D eigenvalue weighted by Crippen LogP contribution is 2.21. The lowest BCUT2D eigenvalue weighted by molar-refractivity contribution is 0.0996. The topological polar surface area (TPSA) is 37.3 Å². The lowest BCUT2D eigenvalue weighted by Gasteiger charge is -2.01. The predicted octanol–water partition coefficient (Wildman–Crippen LogP) is 3.43. The zero-order valence-electron chi connectivity index (χ0n) is 10.3. The highest BCUT2D eigenvalue weighted by molar-refractivity contribution is 7.14. The number of hydrogen-bond acceptors (Lipinski definition) is 3. The molecule has 0 spiro atoms. The van der Waals surface area contributed by atoms with Gasteiger partial charge < -0.3 is 5.11 Å². The number of Topliss-reactive ketones (excluding diaryl/α,β-unsaturated/α-hetero) is 1. The van der Waals surface area contributed by atoms with Crippen LogP contribution in [-0.2, 0) is 0 Å². The summed E-state index contributed by atoms with van der Waals surface area (Å²) >= 11 is 1.54. The van der Waals surface area contributed by atoms with Gasteiger partial charge in [-0.1, -0.05) is 29.9 Å². The highest BCUT2D eigenvalue weighted by atomic mass is 32.1. The molecule has 0 saturated heterocycles. The molecule has 2 nitrogen and oxygen atoms in total. The van der Waals surface area contributed by atoms with Gasteiger partial charge in [0.2, 0.25) is 0 Å². The molecule has 1 N–H and O–H groups in total. The molecule has 18 heavy (non-hydrogen) atoms. The summed E-state index contributed by atoms with van der Waals surface area (Å²) < 4.78 is 0. The van der Waals surface area contributed by atoms with Gasteiger partial charge in [0, 0.05) is 11.3 Å². The minimum Gasteiger partial charge on any atom is -0.392 e. The number of hydrogen-bond donors (Lipinski definition) is 1. The van der Waals surface area contributed by atoms with E-state index in [1.54, 1.807) is 11.3 Å². The van der Waals surface area contributed by atoms with Crippen LogP contribution >= 0.6 is 11.3 Å². The third-order valence-corrected chi connectivity index (χ3v) is 3.87. The molecular weight excluding hydrogens is 244 g/mol. The minimum atomic E-state index is 0.0400. The molecule has 2 rings (SSSR count). The van der Waals surface area contributed by atoms with Gasteiger partial charge in [0.05, 0.1) is 11.5 Å². The van der Waals surface area contributed by atoms with Crippen molar-refractivity contribution in [3.05, 3.63) is 57.3 Å². The standard InChI is InChI=1S/C15H16O2S/c1-11-5-8-15(18-11)14(17)9-12-3-2-4-13(10-16)7-6-12/h2,4-8,16H,3,9-10H2,1H3. The second kappa shape index (κ2) is 5.94. The molecule has 0 fully saturated rings. The zero-order valence-corrected chi connectivity index (χ0v) is 11.2. The average Bonchev–Trinajstić information content (AvgIpc) is 2.67. The smallest absolute Gasteiger partial charge is 0.176 e. The maximum atomic E-state index is 12.1. The molecule has 0 unspecified atom stereocenters. The first-order chi connectivity index (χ1) is 8.69. The molecule has 0 bridgehead atoms. The van der Waals surface area contributed by atoms with Crippen LogP contribution in [0.4, 0.5) is 0 Å². The van der Waals surface area contributed by atoms with Crippen molar-refractivity contribution in [1.82, 2.24) is 0 Å². The molecule has 1 heterocycles. The second-order valence-corrected chi connectivity index (χ2v) is 5.63. The van der Waals surface area contributed by atoms with E-state index in [1.807, 2.05) is 43.4 Å². The number of rotatable bonds is 4. The number of aliphatic hydroxyl groups is 1. The Labute approximate surface area is 111 Å². The van der Waals surface area contributed by atoms with Gasteiger partial charge in [0.15, 0.2) is 5.78 Å². The fraction of sp³-hybridized carbons (Fsp3) is 0.267. The monoisotopic (exact) mass is 260 g/mol. The highest BCUT2D eigenvalue weighted by Gasteiger charge is 2.10. The summed E-state index contributed by atoms with van der Waals surface area (Å²) in [5.74, 6) is 0.175. The molecule has 1 aliphatic rings. The molecule has 3 heteroatoms. The van der Waals surface area contributed by atoms with Crippen LogP contribution in [-0.4, -0.2) is 17.5 Å². The number of carbonyl (C=O) groups is 1. The normalized spacial score (nSPS) is 15.0. The Morgan fingerprint density at radius 1 is 1.39 bits per heavy atom. The Morgan fingerprint density at radius 2 is 2.22 bits per heavy atom. The van der Waals surface area contributed by atoms with Crippen molar-refractivity contribution < 1.29 is 9.90 Å². The van der Waals surface area contributed by atoms with Gasteiger partial charge >= 0.3 is 0 Å². The summed E-state index contributed by atoms with van der Waals surface area (Å²) in [7, 11) is 0. The van der Waals surface area contributed by atoms with E-state index in [9.17, 15) is 4.79 Å². The quantitative estimate of drug-likeness (QED) is 0.842. The van der Waals surface area contributed by atoms with E-state index in [4.69, 9.17) is 5.11 Å². The molecule has 1 aliphatic carbocycles. The Bertz CT molecular complexity index is 532. The molecule has 0 amide bonds.